The maximum atomic E-state index is 3.65. The SMILES string of the molecule is C1CCC2(CC1)CNCCN2CC1CCSC1. The summed E-state index contributed by atoms with van der Waals surface area (Å²) in [5.41, 5.74) is 0.545. The first kappa shape index (κ1) is 12.3. The van der Waals surface area contributed by atoms with Crippen LogP contribution in [0.25, 0.3) is 0 Å². The first-order chi connectivity index (χ1) is 8.39. The Kier molecular flexibility index (Phi) is 3.98. The molecule has 0 radical (unpaired) electrons. The number of hydrogen-bond donors (Lipinski definition) is 1. The van der Waals surface area contributed by atoms with Gasteiger partial charge in [0.05, 0.1) is 0 Å². The number of nitrogens with one attached hydrogen (secondary N) is 1. The third kappa shape index (κ3) is 2.66. The van der Waals surface area contributed by atoms with Crippen LogP contribution in [-0.4, -0.2) is 48.1 Å². The van der Waals surface area contributed by atoms with Crippen LogP contribution in [0.5, 0.6) is 0 Å². The molecule has 0 bridgehead atoms. The molecule has 0 amide bonds. The maximum Gasteiger partial charge on any atom is 0.0334 e. The molecule has 1 N–H and O–H groups in total. The predicted octanol–water partition coefficient (Wildman–Crippen LogP) is 2.35. The van der Waals surface area contributed by atoms with E-state index in [1.54, 1.807) is 0 Å². The number of thioether (sulfide) groups is 1. The molecule has 3 fully saturated rings. The third-order valence-electron chi connectivity index (χ3n) is 4.97. The molecule has 0 aromatic heterocycles. The number of hydrogen-bond acceptors (Lipinski definition) is 3. The van der Waals surface area contributed by atoms with E-state index in [2.05, 4.69) is 22.0 Å². The molecular formula is C14H26N2S. The second kappa shape index (κ2) is 5.50. The normalized spacial score (nSPS) is 34.2. The van der Waals surface area contributed by atoms with Crippen molar-refractivity contribution in [2.75, 3.05) is 37.7 Å². The monoisotopic (exact) mass is 254 g/mol. The summed E-state index contributed by atoms with van der Waals surface area (Å²) in [6, 6.07) is 0. The molecule has 2 nitrogen and oxygen atoms in total. The summed E-state index contributed by atoms with van der Waals surface area (Å²) in [6.45, 7) is 5.14. The molecule has 1 spiro atoms. The lowest BCUT2D eigenvalue weighted by atomic mass is 9.78. The van der Waals surface area contributed by atoms with Crippen molar-refractivity contribution >= 4 is 11.8 Å². The van der Waals surface area contributed by atoms with Crippen molar-refractivity contribution < 1.29 is 0 Å². The van der Waals surface area contributed by atoms with Crippen molar-refractivity contribution in [2.45, 2.75) is 44.1 Å². The zero-order valence-electron chi connectivity index (χ0n) is 10.9. The van der Waals surface area contributed by atoms with Crippen molar-refractivity contribution in [3.05, 3.63) is 0 Å². The van der Waals surface area contributed by atoms with Crippen LogP contribution in [0.4, 0.5) is 0 Å². The van der Waals surface area contributed by atoms with Crippen LogP contribution >= 0.6 is 11.8 Å². The molecule has 1 saturated carbocycles. The van der Waals surface area contributed by atoms with Crippen LogP contribution in [0.15, 0.2) is 0 Å². The van der Waals surface area contributed by atoms with E-state index in [9.17, 15) is 0 Å². The molecule has 1 aliphatic carbocycles. The van der Waals surface area contributed by atoms with Crippen LogP contribution in [-0.2, 0) is 0 Å². The van der Waals surface area contributed by atoms with Gasteiger partial charge >= 0.3 is 0 Å². The highest BCUT2D eigenvalue weighted by molar-refractivity contribution is 7.99. The van der Waals surface area contributed by atoms with Gasteiger partial charge in [-0.1, -0.05) is 19.3 Å². The molecule has 2 aliphatic heterocycles. The van der Waals surface area contributed by atoms with E-state index >= 15 is 0 Å². The van der Waals surface area contributed by atoms with Crippen molar-refractivity contribution in [3.63, 3.8) is 0 Å². The molecular weight excluding hydrogens is 228 g/mol. The Balaban J connectivity index is 1.65. The fourth-order valence-corrected chi connectivity index (χ4v) is 5.18. The summed E-state index contributed by atoms with van der Waals surface area (Å²) in [6.07, 6.45) is 8.73. The van der Waals surface area contributed by atoms with Crippen LogP contribution in [0.1, 0.15) is 38.5 Å². The summed E-state index contributed by atoms with van der Waals surface area (Å²) in [4.78, 5) is 2.87. The van der Waals surface area contributed by atoms with Gasteiger partial charge in [-0.15, -0.1) is 0 Å². The Hall–Kier alpha value is 0.270. The fraction of sp³-hybridized carbons (Fsp3) is 1.00. The van der Waals surface area contributed by atoms with Crippen molar-refractivity contribution in [1.29, 1.82) is 0 Å². The van der Waals surface area contributed by atoms with Gasteiger partial charge in [0.15, 0.2) is 0 Å². The van der Waals surface area contributed by atoms with Crippen LogP contribution in [0.2, 0.25) is 0 Å². The molecule has 2 heterocycles. The Bertz CT molecular complexity index is 236. The first-order valence-electron chi connectivity index (χ1n) is 7.43. The van der Waals surface area contributed by atoms with E-state index in [0.29, 0.717) is 5.54 Å². The summed E-state index contributed by atoms with van der Waals surface area (Å²) >= 11 is 2.16. The van der Waals surface area contributed by atoms with E-state index in [1.807, 2.05) is 0 Å². The molecule has 3 aliphatic rings. The molecule has 3 heteroatoms. The second-order valence-corrected chi connectivity index (χ2v) is 7.29. The van der Waals surface area contributed by atoms with Gasteiger partial charge in [0, 0.05) is 31.7 Å². The van der Waals surface area contributed by atoms with Crippen LogP contribution in [0, 0.1) is 5.92 Å². The van der Waals surface area contributed by atoms with Crippen molar-refractivity contribution in [1.82, 2.24) is 10.2 Å². The molecule has 17 heavy (non-hydrogen) atoms. The molecule has 3 rings (SSSR count). The highest BCUT2D eigenvalue weighted by Gasteiger charge is 2.40. The number of piperazine rings is 1. The second-order valence-electron chi connectivity index (χ2n) is 6.14. The highest BCUT2D eigenvalue weighted by Crippen LogP contribution is 2.36. The van der Waals surface area contributed by atoms with E-state index in [-0.39, 0.29) is 0 Å². The third-order valence-corrected chi connectivity index (χ3v) is 6.20. The lowest BCUT2D eigenvalue weighted by Crippen LogP contribution is -2.62. The van der Waals surface area contributed by atoms with Gasteiger partial charge in [-0.3, -0.25) is 4.90 Å². The van der Waals surface area contributed by atoms with E-state index < -0.39 is 0 Å². The zero-order valence-corrected chi connectivity index (χ0v) is 11.7. The zero-order chi connectivity index (χ0) is 11.6. The van der Waals surface area contributed by atoms with Gasteiger partial charge in [-0.2, -0.15) is 11.8 Å². The summed E-state index contributed by atoms with van der Waals surface area (Å²) in [5.74, 6) is 3.81. The largest absolute Gasteiger partial charge is 0.314 e. The predicted molar refractivity (Wildman–Crippen MR) is 75.7 cm³/mol. The summed E-state index contributed by atoms with van der Waals surface area (Å²) < 4.78 is 0. The molecule has 1 unspecified atom stereocenters. The Morgan fingerprint density at radius 3 is 2.88 bits per heavy atom. The average molecular weight is 254 g/mol. The first-order valence-corrected chi connectivity index (χ1v) is 8.58. The van der Waals surface area contributed by atoms with E-state index in [1.165, 1.54) is 76.2 Å². The fourth-order valence-electron chi connectivity index (χ4n) is 3.91. The van der Waals surface area contributed by atoms with Gasteiger partial charge in [-0.05, 0) is 36.7 Å². The number of rotatable bonds is 2. The maximum absolute atomic E-state index is 3.65. The minimum absolute atomic E-state index is 0.545. The Morgan fingerprint density at radius 2 is 2.12 bits per heavy atom. The molecule has 1 atom stereocenters. The van der Waals surface area contributed by atoms with Gasteiger partial charge in [0.2, 0.25) is 0 Å². The van der Waals surface area contributed by atoms with Crippen molar-refractivity contribution in [3.8, 4) is 0 Å². The topological polar surface area (TPSA) is 15.3 Å². The summed E-state index contributed by atoms with van der Waals surface area (Å²) in [7, 11) is 0. The Labute approximate surface area is 110 Å². The van der Waals surface area contributed by atoms with Gasteiger partial charge in [0.1, 0.15) is 0 Å². The molecule has 98 valence electrons. The number of nitrogens with zero attached hydrogens (tertiary/aromatic N) is 1. The van der Waals surface area contributed by atoms with Gasteiger partial charge in [-0.25, -0.2) is 0 Å². The average Bonchev–Trinajstić information content (AvgIpc) is 2.86. The summed E-state index contributed by atoms with van der Waals surface area (Å²) in [5, 5.41) is 3.65. The minimum atomic E-state index is 0.545. The molecule has 0 aromatic carbocycles. The Morgan fingerprint density at radius 1 is 1.24 bits per heavy atom. The van der Waals surface area contributed by atoms with Crippen LogP contribution < -0.4 is 5.32 Å². The minimum Gasteiger partial charge on any atom is -0.314 e. The molecule has 0 aromatic rings. The standard InChI is InChI=1S/C14H26N2S/c1-2-5-14(6-3-1)12-15-7-8-16(14)10-13-4-9-17-11-13/h13,15H,1-12H2. The quantitative estimate of drug-likeness (QED) is 0.814. The highest BCUT2D eigenvalue weighted by atomic mass is 32.2. The lowest BCUT2D eigenvalue weighted by molar-refractivity contribution is 0.0179. The van der Waals surface area contributed by atoms with Gasteiger partial charge < -0.3 is 5.32 Å². The van der Waals surface area contributed by atoms with Crippen LogP contribution in [0.3, 0.4) is 0 Å². The van der Waals surface area contributed by atoms with Crippen molar-refractivity contribution in [2.24, 2.45) is 5.92 Å². The smallest absolute Gasteiger partial charge is 0.0334 e. The lowest BCUT2D eigenvalue weighted by Gasteiger charge is -2.50. The van der Waals surface area contributed by atoms with E-state index in [0.717, 1.165) is 5.92 Å². The molecule has 2 saturated heterocycles. The van der Waals surface area contributed by atoms with Gasteiger partial charge in [0.25, 0.3) is 0 Å². The van der Waals surface area contributed by atoms with E-state index in [4.69, 9.17) is 0 Å².